The van der Waals surface area contributed by atoms with Gasteiger partial charge in [0.2, 0.25) is 0 Å². The van der Waals surface area contributed by atoms with E-state index in [1.165, 1.54) is 6.07 Å². The van der Waals surface area contributed by atoms with Crippen LogP contribution in [0.4, 0.5) is 0 Å². The van der Waals surface area contributed by atoms with Crippen LogP contribution in [0.2, 0.25) is 0 Å². The molecule has 1 aliphatic heterocycles. The van der Waals surface area contributed by atoms with E-state index in [-0.39, 0.29) is 11.6 Å². The Kier molecular flexibility index (Phi) is 3.85. The van der Waals surface area contributed by atoms with Gasteiger partial charge in [0.15, 0.2) is 0 Å². The monoisotopic (exact) mass is 288 g/mol. The van der Waals surface area contributed by atoms with Crippen molar-refractivity contribution in [2.75, 3.05) is 26.2 Å². The highest BCUT2D eigenvalue weighted by molar-refractivity contribution is 5.56. The third-order valence-corrected chi connectivity index (χ3v) is 3.86. The zero-order valence-corrected chi connectivity index (χ0v) is 12.3. The van der Waals surface area contributed by atoms with Crippen LogP contribution in [0, 0.1) is 0 Å². The van der Waals surface area contributed by atoms with Crippen molar-refractivity contribution < 1.29 is 0 Å². The number of hydrogen-bond acceptors (Lipinski definition) is 5. The average molecular weight is 288 g/mol. The minimum atomic E-state index is -0.124. The van der Waals surface area contributed by atoms with Gasteiger partial charge in [-0.1, -0.05) is 0 Å². The Hall–Kier alpha value is -1.99. The van der Waals surface area contributed by atoms with Crippen LogP contribution in [0.15, 0.2) is 23.3 Å². The molecule has 1 saturated heterocycles. The van der Waals surface area contributed by atoms with Gasteiger partial charge >= 0.3 is 0 Å². The van der Waals surface area contributed by atoms with E-state index in [4.69, 9.17) is 0 Å². The van der Waals surface area contributed by atoms with Gasteiger partial charge in [-0.2, -0.15) is 5.10 Å². The molecular weight excluding hydrogens is 268 g/mol. The molecule has 112 valence electrons. The van der Waals surface area contributed by atoms with E-state index >= 15 is 0 Å². The predicted octanol–water partition coefficient (Wildman–Crippen LogP) is 0.137. The SMILES string of the molecule is CC(c1nc(-c2cnn(C)c2)cc(=O)[nH]1)N1CCNCC1. The summed E-state index contributed by atoms with van der Waals surface area (Å²) in [5.74, 6) is 0.711. The highest BCUT2D eigenvalue weighted by atomic mass is 16.1. The minimum Gasteiger partial charge on any atom is -0.314 e. The van der Waals surface area contributed by atoms with Crippen molar-refractivity contribution in [1.29, 1.82) is 0 Å². The summed E-state index contributed by atoms with van der Waals surface area (Å²) >= 11 is 0. The van der Waals surface area contributed by atoms with Gasteiger partial charge in [-0.3, -0.25) is 14.4 Å². The lowest BCUT2D eigenvalue weighted by atomic mass is 10.2. The van der Waals surface area contributed by atoms with E-state index in [2.05, 4.69) is 32.2 Å². The third-order valence-electron chi connectivity index (χ3n) is 3.86. The lowest BCUT2D eigenvalue weighted by Crippen LogP contribution is -2.45. The summed E-state index contributed by atoms with van der Waals surface area (Å²) in [7, 11) is 1.85. The number of H-pyrrole nitrogens is 1. The second-order valence-corrected chi connectivity index (χ2v) is 5.38. The molecule has 0 amide bonds. The van der Waals surface area contributed by atoms with Crippen LogP contribution in [0.5, 0.6) is 0 Å². The van der Waals surface area contributed by atoms with Crippen LogP contribution in [0.3, 0.4) is 0 Å². The molecule has 7 heteroatoms. The maximum atomic E-state index is 11.9. The van der Waals surface area contributed by atoms with Gasteiger partial charge in [-0.25, -0.2) is 4.98 Å². The highest BCUT2D eigenvalue weighted by Crippen LogP contribution is 2.19. The predicted molar refractivity (Wildman–Crippen MR) is 79.9 cm³/mol. The second kappa shape index (κ2) is 5.79. The molecule has 2 aromatic rings. The molecule has 3 rings (SSSR count). The lowest BCUT2D eigenvalue weighted by molar-refractivity contribution is 0.179. The Labute approximate surface area is 123 Å². The van der Waals surface area contributed by atoms with Gasteiger partial charge in [0.1, 0.15) is 5.82 Å². The Morgan fingerprint density at radius 3 is 2.76 bits per heavy atom. The summed E-state index contributed by atoms with van der Waals surface area (Å²) in [4.78, 5) is 21.7. The van der Waals surface area contributed by atoms with E-state index in [9.17, 15) is 4.79 Å². The molecule has 2 N–H and O–H groups in total. The van der Waals surface area contributed by atoms with Crippen LogP contribution in [0.25, 0.3) is 11.3 Å². The molecule has 0 aliphatic carbocycles. The summed E-state index contributed by atoms with van der Waals surface area (Å²) in [5, 5.41) is 7.46. The van der Waals surface area contributed by atoms with E-state index < -0.39 is 0 Å². The normalized spacial score (nSPS) is 17.8. The number of hydrogen-bond donors (Lipinski definition) is 2. The smallest absolute Gasteiger partial charge is 0.251 e. The number of aromatic nitrogens is 4. The molecule has 7 nitrogen and oxygen atoms in total. The quantitative estimate of drug-likeness (QED) is 0.840. The van der Waals surface area contributed by atoms with Crippen LogP contribution < -0.4 is 10.9 Å². The summed E-state index contributed by atoms with van der Waals surface area (Å²) in [6.45, 7) is 5.94. The van der Waals surface area contributed by atoms with E-state index in [1.54, 1.807) is 10.9 Å². The van der Waals surface area contributed by atoms with Crippen molar-refractivity contribution in [2.45, 2.75) is 13.0 Å². The second-order valence-electron chi connectivity index (χ2n) is 5.38. The van der Waals surface area contributed by atoms with E-state index in [0.717, 1.165) is 31.7 Å². The van der Waals surface area contributed by atoms with Crippen molar-refractivity contribution in [3.05, 3.63) is 34.6 Å². The van der Waals surface area contributed by atoms with E-state index in [1.807, 2.05) is 13.2 Å². The Balaban J connectivity index is 1.92. The molecule has 1 fully saturated rings. The first-order valence-electron chi connectivity index (χ1n) is 7.18. The molecule has 0 bridgehead atoms. The summed E-state index contributed by atoms with van der Waals surface area (Å²) in [5.41, 5.74) is 1.40. The molecular formula is C14H20N6O. The van der Waals surface area contributed by atoms with Gasteiger partial charge in [0.05, 0.1) is 17.9 Å². The minimum absolute atomic E-state index is 0.0939. The first-order valence-corrected chi connectivity index (χ1v) is 7.18. The number of nitrogens with one attached hydrogen (secondary N) is 2. The average Bonchev–Trinajstić information content (AvgIpc) is 2.93. The molecule has 0 aromatic carbocycles. The number of aromatic amines is 1. The first kappa shape index (κ1) is 14.0. The summed E-state index contributed by atoms with van der Waals surface area (Å²) in [6, 6.07) is 1.61. The molecule has 3 heterocycles. The van der Waals surface area contributed by atoms with Crippen LogP contribution in [-0.2, 0) is 7.05 Å². The van der Waals surface area contributed by atoms with Crippen molar-refractivity contribution in [2.24, 2.45) is 7.05 Å². The maximum absolute atomic E-state index is 11.9. The fourth-order valence-electron chi connectivity index (χ4n) is 2.62. The lowest BCUT2D eigenvalue weighted by Gasteiger charge is -2.32. The van der Waals surface area contributed by atoms with Crippen LogP contribution in [-0.4, -0.2) is 50.8 Å². The third kappa shape index (κ3) is 3.03. The fourth-order valence-corrected chi connectivity index (χ4v) is 2.62. The van der Waals surface area contributed by atoms with Crippen molar-refractivity contribution in [3.8, 4) is 11.3 Å². The van der Waals surface area contributed by atoms with Crippen molar-refractivity contribution in [3.63, 3.8) is 0 Å². The standard InChI is InChI=1S/C14H20N6O/c1-10(20-5-3-15-4-6-20)14-17-12(7-13(21)18-14)11-8-16-19(2)9-11/h7-10,15H,3-6H2,1-2H3,(H,17,18,21). The first-order chi connectivity index (χ1) is 10.1. The molecule has 1 aliphatic rings. The van der Waals surface area contributed by atoms with Gasteiger partial charge in [-0.05, 0) is 6.92 Å². The van der Waals surface area contributed by atoms with Crippen molar-refractivity contribution in [1.82, 2.24) is 30.0 Å². The van der Waals surface area contributed by atoms with E-state index in [0.29, 0.717) is 11.5 Å². The molecule has 1 atom stereocenters. The molecule has 21 heavy (non-hydrogen) atoms. The number of piperazine rings is 1. The summed E-state index contributed by atoms with van der Waals surface area (Å²) < 4.78 is 1.71. The molecule has 0 spiro atoms. The maximum Gasteiger partial charge on any atom is 0.251 e. The van der Waals surface area contributed by atoms with Gasteiger partial charge in [0.25, 0.3) is 5.56 Å². The van der Waals surface area contributed by atoms with Crippen LogP contribution in [0.1, 0.15) is 18.8 Å². The van der Waals surface area contributed by atoms with Gasteiger partial charge < -0.3 is 10.3 Å². The topological polar surface area (TPSA) is 78.8 Å². The molecule has 0 saturated carbocycles. The van der Waals surface area contributed by atoms with Crippen molar-refractivity contribution >= 4 is 0 Å². The molecule has 2 aromatic heterocycles. The summed E-state index contributed by atoms with van der Waals surface area (Å²) in [6.07, 6.45) is 3.59. The number of nitrogens with zero attached hydrogens (tertiary/aromatic N) is 4. The molecule has 1 unspecified atom stereocenters. The fraction of sp³-hybridized carbons (Fsp3) is 0.500. The zero-order valence-electron chi connectivity index (χ0n) is 12.3. The number of aryl methyl sites for hydroxylation is 1. The Morgan fingerprint density at radius 1 is 1.33 bits per heavy atom. The largest absolute Gasteiger partial charge is 0.314 e. The van der Waals surface area contributed by atoms with Crippen LogP contribution >= 0.6 is 0 Å². The molecule has 0 radical (unpaired) electrons. The number of rotatable bonds is 3. The Morgan fingerprint density at radius 2 is 2.10 bits per heavy atom. The Bertz CT molecular complexity index is 670. The van der Waals surface area contributed by atoms with Gasteiger partial charge in [-0.15, -0.1) is 0 Å². The zero-order chi connectivity index (χ0) is 14.8. The van der Waals surface area contributed by atoms with Gasteiger partial charge in [0, 0.05) is 51.1 Å². The highest BCUT2D eigenvalue weighted by Gasteiger charge is 2.20.